The average Bonchev–Trinajstić information content (AvgIpc) is 3.45. The molecule has 1 saturated heterocycles. The van der Waals surface area contributed by atoms with E-state index in [2.05, 4.69) is 25.6 Å². The van der Waals surface area contributed by atoms with Crippen LogP contribution in [0.5, 0.6) is 0 Å². The molecule has 3 aromatic rings. The lowest BCUT2D eigenvalue weighted by Crippen LogP contribution is -2.34. The van der Waals surface area contributed by atoms with Gasteiger partial charge >= 0.3 is 6.03 Å². The van der Waals surface area contributed by atoms with Crippen molar-refractivity contribution in [3.05, 3.63) is 42.0 Å². The van der Waals surface area contributed by atoms with E-state index in [0.29, 0.717) is 35.0 Å². The number of benzene rings is 1. The summed E-state index contributed by atoms with van der Waals surface area (Å²) in [6.07, 6.45) is 5.33. The zero-order chi connectivity index (χ0) is 20.8. The molecule has 0 aliphatic carbocycles. The quantitative estimate of drug-likeness (QED) is 0.695. The molecular formula is C21H24FN7O. The summed E-state index contributed by atoms with van der Waals surface area (Å²) in [5.74, 6) is 0.222. The zero-order valence-corrected chi connectivity index (χ0v) is 17.0. The second kappa shape index (κ2) is 7.24. The van der Waals surface area contributed by atoms with E-state index in [4.69, 9.17) is 0 Å². The first-order valence-corrected chi connectivity index (χ1v) is 10.1. The molecule has 0 saturated carbocycles. The predicted octanol–water partition coefficient (Wildman–Crippen LogP) is 2.50. The Morgan fingerprint density at radius 3 is 2.97 bits per heavy atom. The zero-order valence-electron chi connectivity index (χ0n) is 17.0. The number of hydrogen-bond acceptors (Lipinski definition) is 5. The number of urea groups is 1. The first-order chi connectivity index (χ1) is 14.5. The van der Waals surface area contributed by atoms with Gasteiger partial charge in [-0.15, -0.1) is 0 Å². The molecule has 1 atom stereocenters. The van der Waals surface area contributed by atoms with Crippen molar-refractivity contribution in [3.63, 3.8) is 0 Å². The van der Waals surface area contributed by atoms with Gasteiger partial charge in [-0.2, -0.15) is 5.10 Å². The van der Waals surface area contributed by atoms with Crippen molar-refractivity contribution in [3.8, 4) is 0 Å². The van der Waals surface area contributed by atoms with Crippen LogP contribution in [0.15, 0.2) is 30.6 Å². The van der Waals surface area contributed by atoms with Crippen LogP contribution in [0.2, 0.25) is 0 Å². The van der Waals surface area contributed by atoms with Gasteiger partial charge in [0.2, 0.25) is 0 Å². The van der Waals surface area contributed by atoms with Crippen LogP contribution >= 0.6 is 0 Å². The third kappa shape index (κ3) is 3.15. The highest BCUT2D eigenvalue weighted by atomic mass is 19.1. The summed E-state index contributed by atoms with van der Waals surface area (Å²) in [7, 11) is 3.73. The van der Waals surface area contributed by atoms with Gasteiger partial charge in [0.25, 0.3) is 0 Å². The molecule has 2 aliphatic heterocycles. The summed E-state index contributed by atoms with van der Waals surface area (Å²) < 4.78 is 15.9. The van der Waals surface area contributed by atoms with Gasteiger partial charge in [0, 0.05) is 67.4 Å². The molecule has 1 fully saturated rings. The Hall–Kier alpha value is -3.20. The Balaban J connectivity index is 1.38. The minimum Gasteiger partial charge on any atom is -0.370 e. The van der Waals surface area contributed by atoms with E-state index in [0.717, 1.165) is 37.2 Å². The largest absolute Gasteiger partial charge is 0.370 e. The van der Waals surface area contributed by atoms with Gasteiger partial charge in [0.05, 0.1) is 0 Å². The number of hydrogen-bond donors (Lipinski definition) is 2. The van der Waals surface area contributed by atoms with Gasteiger partial charge in [-0.3, -0.25) is 9.58 Å². The maximum Gasteiger partial charge on any atom is 0.327 e. The number of nitrogens with zero attached hydrogens (tertiary/aromatic N) is 5. The van der Waals surface area contributed by atoms with Crippen molar-refractivity contribution in [1.82, 2.24) is 20.1 Å². The second-order valence-corrected chi connectivity index (χ2v) is 7.88. The van der Waals surface area contributed by atoms with Crippen molar-refractivity contribution >= 4 is 34.1 Å². The lowest BCUT2D eigenvalue weighted by atomic mass is 10.2. The van der Waals surface area contributed by atoms with E-state index in [-0.39, 0.29) is 6.03 Å². The van der Waals surface area contributed by atoms with Gasteiger partial charge in [-0.1, -0.05) is 0 Å². The fraction of sp³-hybridized carbons (Fsp3) is 0.381. The topological polar surface area (TPSA) is 78.3 Å². The summed E-state index contributed by atoms with van der Waals surface area (Å²) in [6.45, 7) is 2.48. The predicted molar refractivity (Wildman–Crippen MR) is 115 cm³/mol. The van der Waals surface area contributed by atoms with Crippen molar-refractivity contribution in [2.24, 2.45) is 7.05 Å². The van der Waals surface area contributed by atoms with E-state index in [1.54, 1.807) is 35.1 Å². The summed E-state index contributed by atoms with van der Waals surface area (Å²) in [5, 5.41) is 10.9. The monoisotopic (exact) mass is 409 g/mol. The van der Waals surface area contributed by atoms with Crippen LogP contribution in [-0.4, -0.2) is 53.5 Å². The minimum atomic E-state index is -0.459. The first kappa shape index (κ1) is 18.8. The highest BCUT2D eigenvalue weighted by Crippen LogP contribution is 2.35. The van der Waals surface area contributed by atoms with Gasteiger partial charge in [0.15, 0.2) is 5.82 Å². The van der Waals surface area contributed by atoms with Gasteiger partial charge in [-0.05, 0) is 38.1 Å². The number of nitrogens with one attached hydrogen (secondary N) is 2. The maximum absolute atomic E-state index is 14.3. The molecule has 2 N–H and O–H groups in total. The van der Waals surface area contributed by atoms with Gasteiger partial charge < -0.3 is 15.5 Å². The number of anilines is 3. The number of amides is 2. The Morgan fingerprint density at radius 2 is 2.17 bits per heavy atom. The van der Waals surface area contributed by atoms with Crippen LogP contribution < -0.4 is 20.4 Å². The van der Waals surface area contributed by atoms with E-state index >= 15 is 0 Å². The second-order valence-electron chi connectivity index (χ2n) is 7.88. The van der Waals surface area contributed by atoms with Crippen LogP contribution in [0.3, 0.4) is 0 Å². The third-order valence-corrected chi connectivity index (χ3v) is 5.96. The van der Waals surface area contributed by atoms with Gasteiger partial charge in [-0.25, -0.2) is 14.2 Å². The van der Waals surface area contributed by atoms with Crippen LogP contribution in [0.25, 0.3) is 10.9 Å². The third-order valence-electron chi connectivity index (χ3n) is 5.96. The fourth-order valence-electron chi connectivity index (χ4n) is 4.46. The number of halogens is 1. The van der Waals surface area contributed by atoms with Crippen LogP contribution in [0, 0.1) is 5.82 Å². The highest BCUT2D eigenvalue weighted by molar-refractivity contribution is 6.03. The molecule has 0 unspecified atom stereocenters. The highest BCUT2D eigenvalue weighted by Gasteiger charge is 2.31. The molecule has 0 bridgehead atoms. The summed E-state index contributed by atoms with van der Waals surface area (Å²) >= 11 is 0. The molecule has 9 heteroatoms. The molecule has 4 heterocycles. The Morgan fingerprint density at radius 1 is 1.30 bits per heavy atom. The number of carbonyl (C=O) groups excluding carboxylic acids is 1. The Kier molecular flexibility index (Phi) is 4.54. The van der Waals surface area contributed by atoms with Crippen molar-refractivity contribution in [2.75, 3.05) is 41.8 Å². The van der Waals surface area contributed by atoms with Crippen molar-refractivity contribution in [2.45, 2.75) is 18.9 Å². The smallest absolute Gasteiger partial charge is 0.327 e. The lowest BCUT2D eigenvalue weighted by molar-refractivity contribution is 0.257. The fourth-order valence-corrected chi connectivity index (χ4v) is 4.46. The van der Waals surface area contributed by atoms with E-state index in [1.165, 1.54) is 6.07 Å². The molecule has 1 aromatic carbocycles. The standard InChI is InChI=1S/C21H24FN7O/c1-23-14-4-7-28(12-14)18-3-6-24-20-16(18)5-8-29(20)21(30)25-15-9-13-11-27(2)26-19(13)17(22)10-15/h3,6,9-11,14,23H,4-5,7-8,12H2,1-2H3,(H,25,30)/t14-/m1/s1. The molecular weight excluding hydrogens is 385 g/mol. The van der Waals surface area contributed by atoms with E-state index < -0.39 is 5.82 Å². The normalized spacial score (nSPS) is 18.3. The number of aryl methyl sites for hydroxylation is 1. The molecule has 5 rings (SSSR count). The van der Waals surface area contributed by atoms with Crippen molar-refractivity contribution < 1.29 is 9.18 Å². The molecule has 156 valence electrons. The molecule has 0 radical (unpaired) electrons. The molecule has 8 nitrogen and oxygen atoms in total. The number of pyridine rings is 1. The van der Waals surface area contributed by atoms with E-state index in [1.807, 2.05) is 13.1 Å². The maximum atomic E-state index is 14.3. The lowest BCUT2D eigenvalue weighted by Gasteiger charge is -2.22. The van der Waals surface area contributed by atoms with Crippen LogP contribution in [0.1, 0.15) is 12.0 Å². The SMILES string of the molecule is CN[C@@H]1CCN(c2ccnc3c2CCN3C(=O)Nc2cc(F)c3nn(C)cc3c2)C1. The summed E-state index contributed by atoms with van der Waals surface area (Å²) in [6, 6.07) is 5.23. The Labute approximate surface area is 173 Å². The number of fused-ring (bicyclic) bond motifs is 2. The molecule has 2 aromatic heterocycles. The molecule has 2 aliphatic rings. The Bertz CT molecular complexity index is 1130. The van der Waals surface area contributed by atoms with Crippen LogP contribution in [-0.2, 0) is 13.5 Å². The molecule has 30 heavy (non-hydrogen) atoms. The van der Waals surface area contributed by atoms with E-state index in [9.17, 15) is 9.18 Å². The summed E-state index contributed by atoms with van der Waals surface area (Å²) in [4.78, 5) is 21.4. The van der Waals surface area contributed by atoms with Gasteiger partial charge in [0.1, 0.15) is 11.3 Å². The number of aromatic nitrogens is 3. The van der Waals surface area contributed by atoms with Crippen LogP contribution in [0.4, 0.5) is 26.4 Å². The van der Waals surface area contributed by atoms with Crippen molar-refractivity contribution in [1.29, 1.82) is 0 Å². The minimum absolute atomic E-state index is 0.291. The number of likely N-dealkylation sites (N-methyl/N-ethyl adjacent to an activating group) is 1. The first-order valence-electron chi connectivity index (χ1n) is 10.1. The number of rotatable bonds is 3. The number of carbonyl (C=O) groups is 1. The average molecular weight is 409 g/mol. The molecule has 0 spiro atoms. The summed E-state index contributed by atoms with van der Waals surface area (Å²) in [5.41, 5.74) is 2.94. The molecule has 2 amide bonds.